The van der Waals surface area contributed by atoms with Gasteiger partial charge in [0.15, 0.2) is 15.0 Å². The number of hydrogen-bond donors (Lipinski definition) is 0. The van der Waals surface area contributed by atoms with Crippen LogP contribution in [0.2, 0.25) is 10.0 Å². The van der Waals surface area contributed by atoms with E-state index in [0.717, 1.165) is 17.2 Å². The van der Waals surface area contributed by atoms with Crippen molar-refractivity contribution in [3.8, 4) is 0 Å². The van der Waals surface area contributed by atoms with Crippen molar-refractivity contribution in [3.05, 3.63) is 73.7 Å². The topological polar surface area (TPSA) is 50.3 Å². The van der Waals surface area contributed by atoms with Crippen LogP contribution in [0.3, 0.4) is 0 Å². The third-order valence-electron chi connectivity index (χ3n) is 6.11. The minimum Gasteiger partial charge on any atom is -0.348 e. The minimum absolute atomic E-state index is 0.114. The first kappa shape index (κ1) is 23.6. The van der Waals surface area contributed by atoms with Crippen molar-refractivity contribution in [2.75, 3.05) is 18.0 Å². The molecule has 4 rings (SSSR count). The van der Waals surface area contributed by atoms with Crippen molar-refractivity contribution >= 4 is 49.5 Å². The predicted octanol–water partition coefficient (Wildman–Crippen LogP) is 6.41. The molecule has 8 heteroatoms. The summed E-state index contributed by atoms with van der Waals surface area (Å²) >= 11 is 13.9. The fourth-order valence-corrected chi connectivity index (χ4v) is 7.81. The van der Waals surface area contributed by atoms with E-state index >= 15 is 0 Å². The molecule has 0 amide bonds. The van der Waals surface area contributed by atoms with Crippen molar-refractivity contribution in [2.24, 2.45) is 0 Å². The smallest absolute Gasteiger partial charge is 0.185 e. The molecule has 4 nitrogen and oxygen atoms in total. The van der Waals surface area contributed by atoms with Gasteiger partial charge in [0.1, 0.15) is 0 Å². The molecule has 2 heterocycles. The van der Waals surface area contributed by atoms with Gasteiger partial charge in [-0.2, -0.15) is 0 Å². The molecule has 1 fully saturated rings. The summed E-state index contributed by atoms with van der Waals surface area (Å²) in [6.45, 7) is 7.73. The van der Waals surface area contributed by atoms with Crippen LogP contribution < -0.4 is 4.90 Å². The lowest BCUT2D eigenvalue weighted by atomic mass is 9.96. The third-order valence-corrected chi connectivity index (χ3v) is 10.3. The fourth-order valence-electron chi connectivity index (χ4n) is 4.43. The SMILES string of the molecule is Cc1cc(C)c(Cc2csc(N3CCC(S(=O)(=O)c4cccc(Cl)c4Cl)CC3)n2)c(C)c1. The second-order valence-electron chi connectivity index (χ2n) is 8.46. The molecule has 0 unspecified atom stereocenters. The molecule has 1 aliphatic rings. The van der Waals surface area contributed by atoms with E-state index in [9.17, 15) is 8.42 Å². The lowest BCUT2D eigenvalue weighted by Crippen LogP contribution is -2.39. The van der Waals surface area contributed by atoms with Crippen LogP contribution in [0.25, 0.3) is 0 Å². The summed E-state index contributed by atoms with van der Waals surface area (Å²) < 4.78 is 26.2. The molecule has 0 atom stereocenters. The van der Waals surface area contributed by atoms with Crippen LogP contribution in [0, 0.1) is 20.8 Å². The molecule has 0 radical (unpaired) electrons. The van der Waals surface area contributed by atoms with E-state index in [1.807, 2.05) is 0 Å². The van der Waals surface area contributed by atoms with Gasteiger partial charge in [-0.3, -0.25) is 0 Å². The molecule has 1 aromatic heterocycles. The number of aromatic nitrogens is 1. The highest BCUT2D eigenvalue weighted by Crippen LogP contribution is 2.35. The van der Waals surface area contributed by atoms with Gasteiger partial charge < -0.3 is 4.90 Å². The van der Waals surface area contributed by atoms with Gasteiger partial charge in [0.2, 0.25) is 0 Å². The van der Waals surface area contributed by atoms with E-state index in [1.54, 1.807) is 23.5 Å². The standard InChI is InChI=1S/C24H26Cl2N2O2S2/c1-15-11-16(2)20(17(3)12-15)13-18-14-31-24(27-18)28-9-7-19(8-10-28)32(29,30)22-6-4-5-21(25)23(22)26/h4-6,11-12,14,19H,7-10,13H2,1-3H3. The Morgan fingerprint density at radius 1 is 1.09 bits per heavy atom. The number of thiazole rings is 1. The Hall–Kier alpha value is -1.60. The first-order valence-corrected chi connectivity index (χ1v) is 13.8. The van der Waals surface area contributed by atoms with Crippen molar-refractivity contribution in [1.29, 1.82) is 0 Å². The van der Waals surface area contributed by atoms with Gasteiger partial charge in [-0.15, -0.1) is 11.3 Å². The average Bonchev–Trinajstić information content (AvgIpc) is 3.21. The molecule has 0 saturated carbocycles. The quantitative estimate of drug-likeness (QED) is 0.399. The summed E-state index contributed by atoms with van der Waals surface area (Å²) in [5, 5.41) is 2.98. The zero-order valence-corrected chi connectivity index (χ0v) is 21.5. The number of benzene rings is 2. The van der Waals surface area contributed by atoms with Gasteiger partial charge in [-0.1, -0.05) is 47.0 Å². The van der Waals surface area contributed by atoms with Crippen molar-refractivity contribution < 1.29 is 8.42 Å². The fraction of sp³-hybridized carbons (Fsp3) is 0.375. The minimum atomic E-state index is -3.53. The van der Waals surface area contributed by atoms with E-state index < -0.39 is 15.1 Å². The van der Waals surface area contributed by atoms with Crippen LogP contribution in [0.5, 0.6) is 0 Å². The maximum atomic E-state index is 13.1. The second-order valence-corrected chi connectivity index (χ2v) is 12.3. The van der Waals surface area contributed by atoms with Gasteiger partial charge >= 0.3 is 0 Å². The van der Waals surface area contributed by atoms with Gasteiger partial charge in [0.05, 0.1) is 25.9 Å². The largest absolute Gasteiger partial charge is 0.348 e. The van der Waals surface area contributed by atoms with E-state index in [-0.39, 0.29) is 14.9 Å². The molecular weight excluding hydrogens is 483 g/mol. The Morgan fingerprint density at radius 3 is 2.41 bits per heavy atom. The summed E-state index contributed by atoms with van der Waals surface area (Å²) in [6, 6.07) is 9.20. The van der Waals surface area contributed by atoms with E-state index in [0.29, 0.717) is 25.9 Å². The van der Waals surface area contributed by atoms with Crippen molar-refractivity contribution in [1.82, 2.24) is 4.98 Å². The molecule has 0 N–H and O–H groups in total. The van der Waals surface area contributed by atoms with E-state index in [1.165, 1.54) is 28.3 Å². The number of aryl methyl sites for hydroxylation is 3. The van der Waals surface area contributed by atoms with Gasteiger partial charge in [-0.25, -0.2) is 13.4 Å². The van der Waals surface area contributed by atoms with E-state index in [4.69, 9.17) is 28.2 Å². The predicted molar refractivity (Wildman–Crippen MR) is 134 cm³/mol. The molecule has 3 aromatic rings. The third kappa shape index (κ3) is 4.69. The molecule has 0 aliphatic carbocycles. The first-order valence-electron chi connectivity index (χ1n) is 10.6. The van der Waals surface area contributed by atoms with Gasteiger partial charge in [0, 0.05) is 24.9 Å². The summed E-state index contributed by atoms with van der Waals surface area (Å²) in [6.07, 6.45) is 1.89. The molecule has 1 aliphatic heterocycles. The maximum absolute atomic E-state index is 13.1. The summed E-state index contributed by atoms with van der Waals surface area (Å²) in [5.74, 6) is 0. The molecule has 2 aromatic carbocycles. The summed E-state index contributed by atoms with van der Waals surface area (Å²) in [4.78, 5) is 7.18. The molecule has 0 bridgehead atoms. The first-order chi connectivity index (χ1) is 15.2. The average molecular weight is 510 g/mol. The van der Waals surface area contributed by atoms with Crippen LogP contribution >= 0.6 is 34.5 Å². The number of hydrogen-bond acceptors (Lipinski definition) is 5. The zero-order valence-electron chi connectivity index (χ0n) is 18.4. The normalized spacial score (nSPS) is 15.3. The van der Waals surface area contributed by atoms with Crippen molar-refractivity contribution in [2.45, 2.75) is 50.2 Å². The Balaban J connectivity index is 1.44. The number of piperidine rings is 1. The molecule has 0 spiro atoms. The Kier molecular flexibility index (Phi) is 6.87. The van der Waals surface area contributed by atoms with Gasteiger partial charge in [0.25, 0.3) is 0 Å². The number of halogens is 2. The highest BCUT2D eigenvalue weighted by Gasteiger charge is 2.33. The maximum Gasteiger partial charge on any atom is 0.185 e. The number of sulfone groups is 1. The van der Waals surface area contributed by atoms with E-state index in [2.05, 4.69) is 43.2 Å². The Labute approximate surface area is 204 Å². The second kappa shape index (κ2) is 9.34. The van der Waals surface area contributed by atoms with Crippen molar-refractivity contribution in [3.63, 3.8) is 0 Å². The number of nitrogens with zero attached hydrogens (tertiary/aromatic N) is 2. The lowest BCUT2D eigenvalue weighted by Gasteiger charge is -2.31. The molecular formula is C24H26Cl2N2O2S2. The Morgan fingerprint density at radius 2 is 1.75 bits per heavy atom. The molecule has 1 saturated heterocycles. The van der Waals surface area contributed by atoms with Crippen LogP contribution in [-0.4, -0.2) is 31.7 Å². The summed E-state index contributed by atoms with van der Waals surface area (Å²) in [7, 11) is -3.53. The van der Waals surface area contributed by atoms with Gasteiger partial charge in [-0.05, 0) is 62.4 Å². The Bertz CT molecular complexity index is 1220. The van der Waals surface area contributed by atoms with Crippen LogP contribution in [0.4, 0.5) is 5.13 Å². The van der Waals surface area contributed by atoms with Crippen LogP contribution in [0.1, 0.15) is 40.8 Å². The lowest BCUT2D eigenvalue weighted by molar-refractivity contribution is 0.529. The monoisotopic (exact) mass is 508 g/mol. The molecule has 170 valence electrons. The van der Waals surface area contributed by atoms with Crippen LogP contribution in [-0.2, 0) is 16.3 Å². The number of rotatable bonds is 5. The highest BCUT2D eigenvalue weighted by atomic mass is 35.5. The number of anilines is 1. The zero-order chi connectivity index (χ0) is 23.0. The molecule has 32 heavy (non-hydrogen) atoms. The highest BCUT2D eigenvalue weighted by molar-refractivity contribution is 7.92. The summed E-state index contributed by atoms with van der Waals surface area (Å²) in [5.41, 5.74) is 6.25. The van der Waals surface area contributed by atoms with Crippen LogP contribution in [0.15, 0.2) is 40.6 Å².